The van der Waals surface area contributed by atoms with E-state index in [9.17, 15) is 0 Å². The van der Waals surface area contributed by atoms with Crippen LogP contribution in [-0.4, -0.2) is 15.1 Å². The van der Waals surface area contributed by atoms with Gasteiger partial charge in [0.2, 0.25) is 5.88 Å². The third-order valence-corrected chi connectivity index (χ3v) is 2.76. The van der Waals surface area contributed by atoms with Gasteiger partial charge in [-0.2, -0.15) is 0 Å². The van der Waals surface area contributed by atoms with Gasteiger partial charge >= 0.3 is 0 Å². The van der Waals surface area contributed by atoms with Gasteiger partial charge in [0, 0.05) is 28.5 Å². The highest BCUT2D eigenvalue weighted by Gasteiger charge is 2.05. The van der Waals surface area contributed by atoms with Crippen molar-refractivity contribution < 1.29 is 9.84 Å². The average Bonchev–Trinajstić information content (AvgIpc) is 2.32. The van der Waals surface area contributed by atoms with Crippen LogP contribution in [0.15, 0.2) is 35.2 Å². The lowest BCUT2D eigenvalue weighted by atomic mass is 10.3. The Morgan fingerprint density at radius 2 is 2.12 bits per heavy atom. The normalized spacial score (nSPS) is 10.3. The Morgan fingerprint density at radius 3 is 2.82 bits per heavy atom. The molecule has 0 radical (unpaired) electrons. The Labute approximate surface area is 111 Å². The topological polar surface area (TPSA) is 55.2 Å². The van der Waals surface area contributed by atoms with Crippen LogP contribution in [0.2, 0.25) is 5.02 Å². The largest absolute Gasteiger partial charge is 0.437 e. The molecule has 0 atom stereocenters. The van der Waals surface area contributed by atoms with Crippen molar-refractivity contribution in [1.29, 1.82) is 0 Å². The summed E-state index contributed by atoms with van der Waals surface area (Å²) in [4.78, 5) is 7.97. The van der Waals surface area contributed by atoms with Gasteiger partial charge in [-0.3, -0.25) is 4.98 Å². The van der Waals surface area contributed by atoms with Gasteiger partial charge in [-0.15, -0.1) is 0 Å². The highest BCUT2D eigenvalue weighted by atomic mass is 79.9. The summed E-state index contributed by atoms with van der Waals surface area (Å²) in [7, 11) is 0. The van der Waals surface area contributed by atoms with E-state index < -0.39 is 0 Å². The van der Waals surface area contributed by atoms with Crippen molar-refractivity contribution in [3.05, 3.63) is 45.8 Å². The molecule has 4 nitrogen and oxygen atoms in total. The molecule has 2 heterocycles. The van der Waals surface area contributed by atoms with Gasteiger partial charge in [-0.05, 0) is 22.0 Å². The first-order valence-electron chi connectivity index (χ1n) is 4.72. The van der Waals surface area contributed by atoms with Gasteiger partial charge in [0.15, 0.2) is 0 Å². The van der Waals surface area contributed by atoms with Gasteiger partial charge in [0.05, 0.1) is 17.8 Å². The Morgan fingerprint density at radius 1 is 1.29 bits per heavy atom. The Balaban J connectivity index is 2.24. The molecular formula is C11H8BrClN2O2. The summed E-state index contributed by atoms with van der Waals surface area (Å²) >= 11 is 9.12. The summed E-state index contributed by atoms with van der Waals surface area (Å²) in [6.45, 7) is -0.158. The molecule has 0 aliphatic rings. The summed E-state index contributed by atoms with van der Waals surface area (Å²) in [6.07, 6.45) is 4.66. The molecule has 0 aromatic carbocycles. The molecule has 2 rings (SSSR count). The molecule has 2 aromatic rings. The molecule has 0 spiro atoms. The number of nitrogens with zero attached hydrogens (tertiary/aromatic N) is 2. The number of hydrogen-bond acceptors (Lipinski definition) is 4. The molecule has 17 heavy (non-hydrogen) atoms. The molecule has 0 aliphatic heterocycles. The molecular weight excluding hydrogens is 307 g/mol. The third kappa shape index (κ3) is 3.15. The second-order valence-corrected chi connectivity index (χ2v) is 4.54. The predicted molar refractivity (Wildman–Crippen MR) is 67.2 cm³/mol. The lowest BCUT2D eigenvalue weighted by molar-refractivity contribution is 0.281. The van der Waals surface area contributed by atoms with E-state index in [1.165, 1.54) is 6.20 Å². The highest BCUT2D eigenvalue weighted by Crippen LogP contribution is 2.24. The van der Waals surface area contributed by atoms with Crippen LogP contribution < -0.4 is 4.74 Å². The molecule has 0 amide bonds. The van der Waals surface area contributed by atoms with Crippen LogP contribution in [0.5, 0.6) is 11.6 Å². The van der Waals surface area contributed by atoms with E-state index in [1.54, 1.807) is 24.5 Å². The molecule has 0 unspecified atom stereocenters. The fourth-order valence-corrected chi connectivity index (χ4v) is 1.71. The minimum atomic E-state index is -0.158. The summed E-state index contributed by atoms with van der Waals surface area (Å²) in [6, 6.07) is 3.35. The first-order chi connectivity index (χ1) is 8.19. The molecule has 0 bridgehead atoms. The van der Waals surface area contributed by atoms with Crippen molar-refractivity contribution in [2.45, 2.75) is 6.61 Å². The first kappa shape index (κ1) is 12.3. The van der Waals surface area contributed by atoms with Crippen LogP contribution in [0.3, 0.4) is 0 Å². The van der Waals surface area contributed by atoms with Gasteiger partial charge < -0.3 is 9.84 Å². The van der Waals surface area contributed by atoms with Gasteiger partial charge in [-0.1, -0.05) is 11.6 Å². The van der Waals surface area contributed by atoms with Gasteiger partial charge in [-0.25, -0.2) is 4.98 Å². The first-order valence-corrected chi connectivity index (χ1v) is 5.90. The minimum absolute atomic E-state index is 0.158. The molecule has 0 saturated carbocycles. The van der Waals surface area contributed by atoms with Crippen molar-refractivity contribution in [3.8, 4) is 11.6 Å². The maximum atomic E-state index is 9.07. The fraction of sp³-hybridized carbons (Fsp3) is 0.0909. The Hall–Kier alpha value is -1.17. The van der Waals surface area contributed by atoms with Crippen molar-refractivity contribution in [2.75, 3.05) is 0 Å². The lowest BCUT2D eigenvalue weighted by Gasteiger charge is -2.06. The van der Waals surface area contributed by atoms with Crippen LogP contribution in [0.25, 0.3) is 0 Å². The zero-order valence-corrected chi connectivity index (χ0v) is 10.9. The number of ether oxygens (including phenoxy) is 1. The van der Waals surface area contributed by atoms with Crippen LogP contribution in [-0.2, 0) is 6.61 Å². The quantitative estimate of drug-likeness (QED) is 0.945. The Kier molecular flexibility index (Phi) is 3.93. The maximum absolute atomic E-state index is 9.07. The number of aliphatic hydroxyl groups excluding tert-OH is 1. The number of halogens is 2. The van der Waals surface area contributed by atoms with Crippen molar-refractivity contribution in [3.63, 3.8) is 0 Å². The van der Waals surface area contributed by atoms with Crippen molar-refractivity contribution in [1.82, 2.24) is 9.97 Å². The average molecular weight is 316 g/mol. The fourth-order valence-electron chi connectivity index (χ4n) is 1.20. The maximum Gasteiger partial charge on any atom is 0.219 e. The zero-order chi connectivity index (χ0) is 12.3. The molecule has 0 fully saturated rings. The van der Waals surface area contributed by atoms with E-state index in [-0.39, 0.29) is 6.61 Å². The van der Waals surface area contributed by atoms with Crippen LogP contribution >= 0.6 is 27.5 Å². The van der Waals surface area contributed by atoms with E-state index in [4.69, 9.17) is 21.4 Å². The minimum Gasteiger partial charge on any atom is -0.437 e. The second-order valence-electron chi connectivity index (χ2n) is 3.21. The summed E-state index contributed by atoms with van der Waals surface area (Å²) in [5.74, 6) is 0.913. The zero-order valence-electron chi connectivity index (χ0n) is 8.60. The van der Waals surface area contributed by atoms with Crippen LogP contribution in [0.4, 0.5) is 0 Å². The number of hydrogen-bond donors (Lipinski definition) is 1. The van der Waals surface area contributed by atoms with E-state index in [0.29, 0.717) is 22.2 Å². The van der Waals surface area contributed by atoms with E-state index in [1.807, 2.05) is 0 Å². The van der Waals surface area contributed by atoms with Crippen LogP contribution in [0, 0.1) is 0 Å². The molecule has 0 aliphatic carbocycles. The van der Waals surface area contributed by atoms with E-state index >= 15 is 0 Å². The third-order valence-electron chi connectivity index (χ3n) is 1.98. The van der Waals surface area contributed by atoms with E-state index in [2.05, 4.69) is 25.9 Å². The number of pyridine rings is 2. The van der Waals surface area contributed by atoms with Crippen molar-refractivity contribution in [2.24, 2.45) is 0 Å². The molecule has 2 aromatic heterocycles. The highest BCUT2D eigenvalue weighted by molar-refractivity contribution is 9.10. The number of aromatic nitrogens is 2. The monoisotopic (exact) mass is 314 g/mol. The van der Waals surface area contributed by atoms with Gasteiger partial charge in [0.25, 0.3) is 0 Å². The molecule has 88 valence electrons. The summed E-state index contributed by atoms with van der Waals surface area (Å²) < 4.78 is 6.29. The lowest BCUT2D eigenvalue weighted by Crippen LogP contribution is -1.92. The Bertz CT molecular complexity index is 537. The number of rotatable bonds is 3. The van der Waals surface area contributed by atoms with Crippen LogP contribution in [0.1, 0.15) is 5.56 Å². The SMILES string of the molecule is OCc1cc(Oc2cncc(Br)c2)ncc1Cl. The molecule has 0 saturated heterocycles. The summed E-state index contributed by atoms with van der Waals surface area (Å²) in [5.41, 5.74) is 0.569. The smallest absolute Gasteiger partial charge is 0.219 e. The van der Waals surface area contributed by atoms with Crippen molar-refractivity contribution >= 4 is 27.5 Å². The molecule has 1 N–H and O–H groups in total. The van der Waals surface area contributed by atoms with Gasteiger partial charge in [0.1, 0.15) is 5.75 Å². The second kappa shape index (κ2) is 5.44. The summed E-state index contributed by atoms with van der Waals surface area (Å²) in [5, 5.41) is 9.47. The number of aliphatic hydroxyl groups is 1. The standard InChI is InChI=1S/C11H8BrClN2O2/c12-8-2-9(4-14-3-8)17-11-1-7(6-16)10(13)5-15-11/h1-5,16H,6H2. The predicted octanol–water partition coefficient (Wildman–Crippen LogP) is 3.18. The van der Waals surface area contributed by atoms with E-state index in [0.717, 1.165) is 4.47 Å². The molecule has 6 heteroatoms.